The standard InChI is InChI=1S/C20H27N3O4S/c1-4-8-18(17-9-6-5-7-10-17)20(24)22-11-13-23(14-12-22)28(25,26)19-15(2)21-27-16(19)3/h5-7,9-10,18H,4,8,11-14H2,1-3H3/t18-/m1/s1. The number of benzene rings is 1. The summed E-state index contributed by atoms with van der Waals surface area (Å²) in [6.45, 7) is 6.60. The molecule has 0 bridgehead atoms. The molecule has 0 unspecified atom stereocenters. The molecule has 7 nitrogen and oxygen atoms in total. The van der Waals surface area contributed by atoms with Crippen LogP contribution in [0.2, 0.25) is 0 Å². The van der Waals surface area contributed by atoms with Gasteiger partial charge in [-0.25, -0.2) is 8.42 Å². The van der Waals surface area contributed by atoms with Crippen LogP contribution in [-0.2, 0) is 14.8 Å². The molecule has 0 saturated carbocycles. The van der Waals surface area contributed by atoms with Crippen molar-refractivity contribution in [1.29, 1.82) is 0 Å². The van der Waals surface area contributed by atoms with Gasteiger partial charge in [0.15, 0.2) is 5.76 Å². The van der Waals surface area contributed by atoms with Crippen molar-refractivity contribution in [3.8, 4) is 0 Å². The molecule has 1 aromatic carbocycles. The van der Waals surface area contributed by atoms with E-state index in [0.29, 0.717) is 24.5 Å². The number of hydrogen-bond acceptors (Lipinski definition) is 5. The van der Waals surface area contributed by atoms with Crippen molar-refractivity contribution < 1.29 is 17.7 Å². The van der Waals surface area contributed by atoms with Gasteiger partial charge in [0.05, 0.1) is 5.92 Å². The average molecular weight is 406 g/mol. The van der Waals surface area contributed by atoms with Gasteiger partial charge in [-0.15, -0.1) is 0 Å². The van der Waals surface area contributed by atoms with Crippen molar-refractivity contribution in [3.63, 3.8) is 0 Å². The monoisotopic (exact) mass is 405 g/mol. The Morgan fingerprint density at radius 2 is 1.79 bits per heavy atom. The first kappa shape index (κ1) is 20.5. The first-order valence-electron chi connectivity index (χ1n) is 9.63. The minimum atomic E-state index is -3.67. The summed E-state index contributed by atoms with van der Waals surface area (Å²) in [6.07, 6.45) is 1.69. The smallest absolute Gasteiger partial charge is 0.248 e. The van der Waals surface area contributed by atoms with Crippen LogP contribution in [0.4, 0.5) is 0 Å². The fraction of sp³-hybridized carbons (Fsp3) is 0.500. The number of aryl methyl sites for hydroxylation is 2. The zero-order chi connectivity index (χ0) is 20.3. The highest BCUT2D eigenvalue weighted by atomic mass is 32.2. The van der Waals surface area contributed by atoms with Crippen LogP contribution < -0.4 is 0 Å². The lowest BCUT2D eigenvalue weighted by Gasteiger charge is -2.35. The van der Waals surface area contributed by atoms with E-state index >= 15 is 0 Å². The summed E-state index contributed by atoms with van der Waals surface area (Å²) in [5.41, 5.74) is 1.38. The van der Waals surface area contributed by atoms with E-state index < -0.39 is 10.0 Å². The third-order valence-corrected chi connectivity index (χ3v) is 7.34. The van der Waals surface area contributed by atoms with Gasteiger partial charge in [-0.1, -0.05) is 48.8 Å². The highest BCUT2D eigenvalue weighted by Gasteiger charge is 2.35. The van der Waals surface area contributed by atoms with E-state index in [2.05, 4.69) is 12.1 Å². The molecule has 3 rings (SSSR count). The molecule has 2 heterocycles. The number of carbonyl (C=O) groups is 1. The van der Waals surface area contributed by atoms with E-state index in [9.17, 15) is 13.2 Å². The van der Waals surface area contributed by atoms with Crippen molar-refractivity contribution in [2.24, 2.45) is 0 Å². The van der Waals surface area contributed by atoms with E-state index in [0.717, 1.165) is 18.4 Å². The van der Waals surface area contributed by atoms with Gasteiger partial charge in [0, 0.05) is 26.2 Å². The summed E-state index contributed by atoms with van der Waals surface area (Å²) in [6, 6.07) is 9.79. The summed E-state index contributed by atoms with van der Waals surface area (Å²) in [5, 5.41) is 3.75. The molecular formula is C20H27N3O4S. The zero-order valence-electron chi connectivity index (χ0n) is 16.6. The highest BCUT2D eigenvalue weighted by molar-refractivity contribution is 7.89. The second-order valence-electron chi connectivity index (χ2n) is 7.13. The number of hydrogen-bond donors (Lipinski definition) is 0. The minimum absolute atomic E-state index is 0.0717. The minimum Gasteiger partial charge on any atom is -0.360 e. The molecule has 2 aromatic rings. The Hall–Kier alpha value is -2.19. The topological polar surface area (TPSA) is 83.7 Å². The first-order valence-corrected chi connectivity index (χ1v) is 11.1. The molecule has 0 aliphatic carbocycles. The van der Waals surface area contributed by atoms with Gasteiger partial charge >= 0.3 is 0 Å². The van der Waals surface area contributed by atoms with Gasteiger partial charge in [0.25, 0.3) is 0 Å². The fourth-order valence-corrected chi connectivity index (χ4v) is 5.46. The van der Waals surface area contributed by atoms with Gasteiger partial charge in [-0.05, 0) is 25.8 Å². The molecule has 8 heteroatoms. The van der Waals surface area contributed by atoms with Crippen LogP contribution in [-0.4, -0.2) is 54.9 Å². The third-order valence-electron chi connectivity index (χ3n) is 5.19. The quantitative estimate of drug-likeness (QED) is 0.738. The van der Waals surface area contributed by atoms with Crippen LogP contribution in [0.3, 0.4) is 0 Å². The Kier molecular flexibility index (Phi) is 6.20. The number of piperazine rings is 1. The van der Waals surface area contributed by atoms with Crippen molar-refractivity contribution in [3.05, 3.63) is 47.3 Å². The van der Waals surface area contributed by atoms with Crippen molar-refractivity contribution >= 4 is 15.9 Å². The highest BCUT2D eigenvalue weighted by Crippen LogP contribution is 2.27. The second kappa shape index (κ2) is 8.45. The van der Waals surface area contributed by atoms with Crippen molar-refractivity contribution in [2.75, 3.05) is 26.2 Å². The Labute approximate surface area is 166 Å². The molecule has 1 saturated heterocycles. The van der Waals surface area contributed by atoms with Crippen LogP contribution >= 0.6 is 0 Å². The van der Waals surface area contributed by atoms with E-state index in [1.54, 1.807) is 18.7 Å². The Bertz CT molecular complexity index is 897. The fourth-order valence-electron chi connectivity index (χ4n) is 3.75. The lowest BCUT2D eigenvalue weighted by atomic mass is 9.93. The largest absolute Gasteiger partial charge is 0.360 e. The normalized spacial score (nSPS) is 16.9. The second-order valence-corrected chi connectivity index (χ2v) is 9.01. The van der Waals surface area contributed by atoms with Gasteiger partial charge in [-0.2, -0.15) is 4.31 Å². The van der Waals surface area contributed by atoms with Crippen LogP contribution in [0.1, 0.15) is 42.7 Å². The third kappa shape index (κ3) is 3.98. The van der Waals surface area contributed by atoms with Gasteiger partial charge in [0.1, 0.15) is 10.6 Å². The van der Waals surface area contributed by atoms with Crippen LogP contribution in [0.25, 0.3) is 0 Å². The van der Waals surface area contributed by atoms with E-state index in [1.165, 1.54) is 4.31 Å². The molecule has 1 amide bonds. The SMILES string of the molecule is CCC[C@@H](C(=O)N1CCN(S(=O)(=O)c2c(C)noc2C)CC1)c1ccccc1. The lowest BCUT2D eigenvalue weighted by molar-refractivity contribution is -0.134. The summed E-state index contributed by atoms with van der Waals surface area (Å²) in [7, 11) is -3.67. The molecule has 1 atom stereocenters. The summed E-state index contributed by atoms with van der Waals surface area (Å²) in [5.74, 6) is 0.183. The predicted molar refractivity (Wildman–Crippen MR) is 105 cm³/mol. The molecule has 0 spiro atoms. The summed E-state index contributed by atoms with van der Waals surface area (Å²) < 4.78 is 32.3. The van der Waals surface area contributed by atoms with Gasteiger partial charge in [-0.3, -0.25) is 4.79 Å². The first-order chi connectivity index (χ1) is 13.4. The van der Waals surface area contributed by atoms with Crippen LogP contribution in [0.5, 0.6) is 0 Å². The Morgan fingerprint density at radius 1 is 1.14 bits per heavy atom. The number of carbonyl (C=O) groups excluding carboxylic acids is 1. The Morgan fingerprint density at radius 3 is 2.32 bits per heavy atom. The average Bonchev–Trinajstić information content (AvgIpc) is 3.05. The van der Waals surface area contributed by atoms with Gasteiger partial charge < -0.3 is 9.42 Å². The maximum atomic E-state index is 13.1. The number of sulfonamides is 1. The molecule has 1 aromatic heterocycles. The number of rotatable bonds is 6. The zero-order valence-corrected chi connectivity index (χ0v) is 17.4. The van der Waals surface area contributed by atoms with E-state index in [-0.39, 0.29) is 29.8 Å². The van der Waals surface area contributed by atoms with Crippen molar-refractivity contribution in [1.82, 2.24) is 14.4 Å². The number of nitrogens with zero attached hydrogens (tertiary/aromatic N) is 3. The van der Waals surface area contributed by atoms with E-state index in [1.807, 2.05) is 30.3 Å². The van der Waals surface area contributed by atoms with Crippen molar-refractivity contribution in [2.45, 2.75) is 44.4 Å². The Balaban J connectivity index is 1.71. The number of aromatic nitrogens is 1. The predicted octanol–water partition coefficient (Wildman–Crippen LogP) is 2.71. The summed E-state index contributed by atoms with van der Waals surface area (Å²) >= 11 is 0. The van der Waals surface area contributed by atoms with E-state index in [4.69, 9.17) is 4.52 Å². The van der Waals surface area contributed by atoms with Gasteiger partial charge in [0.2, 0.25) is 15.9 Å². The molecule has 1 aliphatic heterocycles. The maximum Gasteiger partial charge on any atom is 0.248 e. The molecule has 1 aliphatic rings. The molecule has 28 heavy (non-hydrogen) atoms. The molecule has 0 N–H and O–H groups in total. The summed E-state index contributed by atoms with van der Waals surface area (Å²) in [4.78, 5) is 15.0. The molecule has 0 radical (unpaired) electrons. The molecule has 152 valence electrons. The number of amides is 1. The molecule has 1 fully saturated rings. The van der Waals surface area contributed by atoms with Crippen LogP contribution in [0.15, 0.2) is 39.8 Å². The lowest BCUT2D eigenvalue weighted by Crippen LogP contribution is -2.51. The molecular weight excluding hydrogens is 378 g/mol. The maximum absolute atomic E-state index is 13.1. The van der Waals surface area contributed by atoms with Crippen LogP contribution in [0, 0.1) is 13.8 Å².